The first-order valence-electron chi connectivity index (χ1n) is 7.64. The predicted molar refractivity (Wildman–Crippen MR) is 82.4 cm³/mol. The summed E-state index contributed by atoms with van der Waals surface area (Å²) in [5, 5.41) is 14.6. The lowest BCUT2D eigenvalue weighted by molar-refractivity contribution is -0.145. The van der Waals surface area contributed by atoms with E-state index in [2.05, 4.69) is 12.0 Å². The van der Waals surface area contributed by atoms with E-state index >= 15 is 0 Å². The number of piperidine rings is 1. The van der Waals surface area contributed by atoms with Crippen molar-refractivity contribution in [3.63, 3.8) is 0 Å². The average Bonchev–Trinajstić information content (AvgIpc) is 2.74. The van der Waals surface area contributed by atoms with Gasteiger partial charge < -0.3 is 5.11 Å². The number of aliphatic carboxylic acids is 1. The van der Waals surface area contributed by atoms with Crippen LogP contribution in [0.3, 0.4) is 0 Å². The van der Waals surface area contributed by atoms with Gasteiger partial charge in [-0.15, -0.1) is 0 Å². The minimum absolute atomic E-state index is 0.417. The maximum atomic E-state index is 11.6. The molecule has 5 nitrogen and oxygen atoms in total. The molecule has 1 N–H and O–H groups in total. The van der Waals surface area contributed by atoms with E-state index in [0.717, 1.165) is 43.6 Å². The normalized spacial score (nSPS) is 23.4. The van der Waals surface area contributed by atoms with Crippen LogP contribution in [0.25, 0.3) is 0 Å². The number of carboxylic acids is 1. The Kier molecular flexibility index (Phi) is 5.27. The molecule has 1 fully saturated rings. The molecule has 2 heterocycles. The quantitative estimate of drug-likeness (QED) is 0.908. The largest absolute Gasteiger partial charge is 0.480 e. The Bertz CT molecular complexity index is 515. The summed E-state index contributed by atoms with van der Waals surface area (Å²) in [6.45, 7) is 5.50. The van der Waals surface area contributed by atoms with Gasteiger partial charge in [0.05, 0.1) is 16.4 Å². The molecule has 1 saturated heterocycles. The Morgan fingerprint density at radius 1 is 1.48 bits per heavy atom. The van der Waals surface area contributed by atoms with Crippen molar-refractivity contribution in [1.29, 1.82) is 0 Å². The van der Waals surface area contributed by atoms with E-state index in [1.807, 2.05) is 18.9 Å². The maximum Gasteiger partial charge on any atom is 0.320 e. The Labute approximate surface area is 130 Å². The van der Waals surface area contributed by atoms with Crippen LogP contribution in [0.1, 0.15) is 44.5 Å². The van der Waals surface area contributed by atoms with E-state index in [4.69, 9.17) is 11.6 Å². The van der Waals surface area contributed by atoms with Crippen LogP contribution in [0, 0.1) is 5.92 Å². The van der Waals surface area contributed by atoms with Crippen LogP contribution < -0.4 is 0 Å². The van der Waals surface area contributed by atoms with Gasteiger partial charge in [0.25, 0.3) is 0 Å². The van der Waals surface area contributed by atoms with Gasteiger partial charge in [-0.25, -0.2) is 0 Å². The molecule has 1 aliphatic heterocycles. The molecular weight excluding hydrogens is 290 g/mol. The van der Waals surface area contributed by atoms with Crippen LogP contribution in [-0.2, 0) is 24.8 Å². The third-order valence-corrected chi connectivity index (χ3v) is 4.98. The predicted octanol–water partition coefficient (Wildman–Crippen LogP) is 2.71. The second-order valence-corrected chi connectivity index (χ2v) is 6.19. The topological polar surface area (TPSA) is 58.4 Å². The zero-order chi connectivity index (χ0) is 15.6. The molecule has 2 unspecified atom stereocenters. The van der Waals surface area contributed by atoms with Crippen LogP contribution in [0.15, 0.2) is 0 Å². The molecule has 1 aliphatic rings. The molecule has 2 atom stereocenters. The monoisotopic (exact) mass is 313 g/mol. The SMILES string of the molecule is CCc1nn(C)c(CN2CCC(CC)CC2C(=O)O)c1Cl. The molecule has 0 bridgehead atoms. The van der Waals surface area contributed by atoms with Gasteiger partial charge in [-0.05, 0) is 31.7 Å². The number of halogens is 1. The third kappa shape index (κ3) is 3.40. The molecule has 0 amide bonds. The first-order valence-corrected chi connectivity index (χ1v) is 8.02. The lowest BCUT2D eigenvalue weighted by Gasteiger charge is -2.36. The van der Waals surface area contributed by atoms with Gasteiger partial charge in [0.1, 0.15) is 6.04 Å². The fourth-order valence-electron chi connectivity index (χ4n) is 3.09. The van der Waals surface area contributed by atoms with Crippen LogP contribution in [0.2, 0.25) is 5.02 Å². The molecule has 6 heteroatoms. The summed E-state index contributed by atoms with van der Waals surface area (Å²) in [5.41, 5.74) is 1.79. The number of aromatic nitrogens is 2. The number of likely N-dealkylation sites (tertiary alicyclic amines) is 1. The lowest BCUT2D eigenvalue weighted by Crippen LogP contribution is -2.46. The molecule has 0 radical (unpaired) electrons. The second-order valence-electron chi connectivity index (χ2n) is 5.81. The van der Waals surface area contributed by atoms with Crippen LogP contribution in [0.5, 0.6) is 0 Å². The van der Waals surface area contributed by atoms with E-state index in [-0.39, 0.29) is 0 Å². The summed E-state index contributed by atoms with van der Waals surface area (Å²) in [5.74, 6) is -0.224. The first-order chi connectivity index (χ1) is 9.97. The van der Waals surface area contributed by atoms with E-state index < -0.39 is 12.0 Å². The number of rotatable bonds is 5. The second kappa shape index (κ2) is 6.79. The highest BCUT2D eigenvalue weighted by atomic mass is 35.5. The standard InChI is InChI=1S/C15H24ClN3O2/c1-4-10-6-7-19(12(8-10)15(20)21)9-13-14(16)11(5-2)17-18(13)3/h10,12H,4-9H2,1-3H3,(H,20,21). The summed E-state index contributed by atoms with van der Waals surface area (Å²) >= 11 is 6.37. The molecule has 118 valence electrons. The molecule has 0 saturated carbocycles. The van der Waals surface area contributed by atoms with Gasteiger partial charge in [-0.3, -0.25) is 14.4 Å². The average molecular weight is 314 g/mol. The molecule has 21 heavy (non-hydrogen) atoms. The summed E-state index contributed by atoms with van der Waals surface area (Å²) in [6.07, 6.45) is 3.61. The van der Waals surface area contributed by atoms with Crippen molar-refractivity contribution >= 4 is 17.6 Å². The fraction of sp³-hybridized carbons (Fsp3) is 0.733. The minimum atomic E-state index is -0.734. The molecule has 1 aromatic rings. The van der Waals surface area contributed by atoms with Gasteiger partial charge in [-0.1, -0.05) is 31.9 Å². The summed E-state index contributed by atoms with van der Waals surface area (Å²) < 4.78 is 1.78. The first kappa shape index (κ1) is 16.3. The Morgan fingerprint density at radius 2 is 2.19 bits per heavy atom. The molecular formula is C15H24ClN3O2. The van der Waals surface area contributed by atoms with E-state index in [1.165, 1.54) is 0 Å². The summed E-state index contributed by atoms with van der Waals surface area (Å²) in [6, 6.07) is -0.417. The van der Waals surface area contributed by atoms with Crippen molar-refractivity contribution in [2.45, 2.75) is 52.1 Å². The molecule has 1 aromatic heterocycles. The highest BCUT2D eigenvalue weighted by molar-refractivity contribution is 6.31. The highest BCUT2D eigenvalue weighted by Crippen LogP contribution is 2.29. The number of aryl methyl sites for hydroxylation is 2. The van der Waals surface area contributed by atoms with Gasteiger partial charge in [-0.2, -0.15) is 5.10 Å². The number of hydrogen-bond donors (Lipinski definition) is 1. The van der Waals surface area contributed by atoms with Crippen LogP contribution in [0.4, 0.5) is 0 Å². The summed E-state index contributed by atoms with van der Waals surface area (Å²) in [7, 11) is 1.87. The van der Waals surface area contributed by atoms with Crippen molar-refractivity contribution in [3.8, 4) is 0 Å². The Hall–Kier alpha value is -1.07. The van der Waals surface area contributed by atoms with Crippen molar-refractivity contribution < 1.29 is 9.90 Å². The van der Waals surface area contributed by atoms with Gasteiger partial charge >= 0.3 is 5.97 Å². The zero-order valence-electron chi connectivity index (χ0n) is 13.0. The van der Waals surface area contributed by atoms with Crippen molar-refractivity contribution in [3.05, 3.63) is 16.4 Å². The molecule has 0 aliphatic carbocycles. The van der Waals surface area contributed by atoms with E-state index in [1.54, 1.807) is 4.68 Å². The molecule has 0 aromatic carbocycles. The van der Waals surface area contributed by atoms with Gasteiger partial charge in [0.15, 0.2) is 0 Å². The number of nitrogens with zero attached hydrogens (tertiary/aromatic N) is 3. The fourth-order valence-corrected chi connectivity index (χ4v) is 3.44. The maximum absolute atomic E-state index is 11.6. The van der Waals surface area contributed by atoms with Crippen LogP contribution in [-0.4, -0.2) is 38.3 Å². The van der Waals surface area contributed by atoms with Crippen LogP contribution >= 0.6 is 11.6 Å². The van der Waals surface area contributed by atoms with Crippen molar-refractivity contribution in [2.75, 3.05) is 6.54 Å². The minimum Gasteiger partial charge on any atom is -0.480 e. The Morgan fingerprint density at radius 3 is 2.71 bits per heavy atom. The zero-order valence-corrected chi connectivity index (χ0v) is 13.7. The van der Waals surface area contributed by atoms with E-state index in [9.17, 15) is 9.90 Å². The smallest absolute Gasteiger partial charge is 0.320 e. The number of hydrogen-bond acceptors (Lipinski definition) is 3. The summed E-state index contributed by atoms with van der Waals surface area (Å²) in [4.78, 5) is 13.6. The molecule has 0 spiro atoms. The highest BCUT2D eigenvalue weighted by Gasteiger charge is 2.33. The third-order valence-electron chi connectivity index (χ3n) is 4.54. The number of carboxylic acid groups (broad SMARTS) is 1. The van der Waals surface area contributed by atoms with E-state index in [0.29, 0.717) is 17.5 Å². The Balaban J connectivity index is 2.18. The lowest BCUT2D eigenvalue weighted by atomic mass is 9.89. The van der Waals surface area contributed by atoms with Gasteiger partial charge in [0, 0.05) is 13.6 Å². The molecule has 2 rings (SSSR count). The van der Waals surface area contributed by atoms with Crippen molar-refractivity contribution in [1.82, 2.24) is 14.7 Å². The van der Waals surface area contributed by atoms with Gasteiger partial charge in [0.2, 0.25) is 0 Å². The van der Waals surface area contributed by atoms with Crippen molar-refractivity contribution in [2.24, 2.45) is 13.0 Å². The number of carbonyl (C=O) groups is 1.